The van der Waals surface area contributed by atoms with E-state index in [4.69, 9.17) is 4.98 Å². The number of thiazole rings is 1. The van der Waals surface area contributed by atoms with Crippen molar-refractivity contribution in [2.24, 2.45) is 0 Å². The molecule has 5 heteroatoms. The van der Waals surface area contributed by atoms with Gasteiger partial charge in [-0.3, -0.25) is 4.40 Å². The second-order valence-corrected chi connectivity index (χ2v) is 5.52. The predicted octanol–water partition coefficient (Wildman–Crippen LogP) is 3.13. The van der Waals surface area contributed by atoms with Gasteiger partial charge >= 0.3 is 0 Å². The first-order chi connectivity index (χ1) is 9.31. The quantitative estimate of drug-likeness (QED) is 0.806. The fourth-order valence-corrected chi connectivity index (χ4v) is 2.97. The Hall–Kier alpha value is -1.07. The molecular formula is C14H24N4S. The molecule has 2 rings (SSSR count). The number of hydrogen-bond donors (Lipinski definition) is 1. The fourth-order valence-electron chi connectivity index (χ4n) is 2.24. The predicted molar refractivity (Wildman–Crippen MR) is 83.2 cm³/mol. The highest BCUT2D eigenvalue weighted by molar-refractivity contribution is 7.15. The summed E-state index contributed by atoms with van der Waals surface area (Å²) in [5.41, 5.74) is 1.29. The van der Waals surface area contributed by atoms with Gasteiger partial charge in [0.25, 0.3) is 0 Å². The molecule has 0 aromatic carbocycles. The maximum atomic E-state index is 4.82. The number of nitrogens with one attached hydrogen (secondary N) is 1. The molecule has 0 amide bonds. The van der Waals surface area contributed by atoms with Gasteiger partial charge in [-0.25, -0.2) is 4.98 Å². The number of hydrogen-bond acceptors (Lipinski definition) is 4. The second kappa shape index (κ2) is 6.91. The van der Waals surface area contributed by atoms with Crippen LogP contribution in [0.5, 0.6) is 0 Å². The molecule has 106 valence electrons. The Balaban J connectivity index is 2.30. The van der Waals surface area contributed by atoms with Crippen LogP contribution in [0.1, 0.15) is 39.3 Å². The van der Waals surface area contributed by atoms with Crippen LogP contribution in [0, 0.1) is 0 Å². The highest BCUT2D eigenvalue weighted by atomic mass is 32.1. The van der Waals surface area contributed by atoms with Crippen LogP contribution in [-0.4, -0.2) is 29.0 Å². The number of rotatable bonds is 8. The molecule has 4 nitrogen and oxygen atoms in total. The van der Waals surface area contributed by atoms with Crippen LogP contribution >= 0.6 is 11.3 Å². The van der Waals surface area contributed by atoms with Gasteiger partial charge < -0.3 is 10.2 Å². The zero-order chi connectivity index (χ0) is 13.7. The van der Waals surface area contributed by atoms with E-state index in [1.807, 2.05) is 0 Å². The second-order valence-electron chi connectivity index (χ2n) is 4.65. The summed E-state index contributed by atoms with van der Waals surface area (Å²) in [4.78, 5) is 8.31. The van der Waals surface area contributed by atoms with Gasteiger partial charge in [0.2, 0.25) is 0 Å². The van der Waals surface area contributed by atoms with Gasteiger partial charge in [0.15, 0.2) is 10.8 Å². The van der Waals surface area contributed by atoms with E-state index >= 15 is 0 Å². The normalized spacial score (nSPS) is 11.3. The highest BCUT2D eigenvalue weighted by Gasteiger charge is 2.17. The summed E-state index contributed by atoms with van der Waals surface area (Å²) in [6.45, 7) is 10.6. The molecule has 0 fully saturated rings. The third-order valence-electron chi connectivity index (χ3n) is 3.35. The van der Waals surface area contributed by atoms with E-state index in [2.05, 4.69) is 47.0 Å². The smallest absolute Gasteiger partial charge is 0.195 e. The van der Waals surface area contributed by atoms with Gasteiger partial charge in [0.1, 0.15) is 0 Å². The van der Waals surface area contributed by atoms with Crippen molar-refractivity contribution in [1.82, 2.24) is 14.7 Å². The van der Waals surface area contributed by atoms with Gasteiger partial charge in [-0.2, -0.15) is 0 Å². The summed E-state index contributed by atoms with van der Waals surface area (Å²) in [7, 11) is 0. The van der Waals surface area contributed by atoms with Crippen molar-refractivity contribution >= 4 is 22.1 Å². The van der Waals surface area contributed by atoms with Crippen LogP contribution in [0.3, 0.4) is 0 Å². The number of anilines is 1. The van der Waals surface area contributed by atoms with Crippen LogP contribution in [0.15, 0.2) is 11.6 Å². The molecule has 2 aromatic rings. The Bertz CT molecular complexity index is 502. The molecule has 0 aliphatic carbocycles. The average molecular weight is 280 g/mol. The summed E-state index contributed by atoms with van der Waals surface area (Å²) in [5.74, 6) is 1.16. The summed E-state index contributed by atoms with van der Waals surface area (Å²) in [5, 5.41) is 5.53. The standard InChI is InChI=1S/C14H24N4S/c1-4-7-8-17(6-3)13-12(11-15-5-2)18-9-10-19-14(18)16-13/h9-10,15H,4-8,11H2,1-3H3. The lowest BCUT2D eigenvalue weighted by Gasteiger charge is -2.22. The van der Waals surface area contributed by atoms with E-state index in [-0.39, 0.29) is 0 Å². The largest absolute Gasteiger partial charge is 0.355 e. The molecule has 2 heterocycles. The molecular weight excluding hydrogens is 256 g/mol. The molecule has 0 saturated carbocycles. The van der Waals surface area contributed by atoms with E-state index in [1.54, 1.807) is 11.3 Å². The molecule has 0 atom stereocenters. The summed E-state index contributed by atoms with van der Waals surface area (Å²) in [6, 6.07) is 0. The van der Waals surface area contributed by atoms with Gasteiger partial charge in [-0.05, 0) is 19.9 Å². The van der Waals surface area contributed by atoms with Crippen molar-refractivity contribution in [3.05, 3.63) is 17.3 Å². The lowest BCUT2D eigenvalue weighted by atomic mass is 10.3. The van der Waals surface area contributed by atoms with Crippen LogP contribution in [-0.2, 0) is 6.54 Å². The lowest BCUT2D eigenvalue weighted by molar-refractivity contribution is 0.687. The maximum absolute atomic E-state index is 4.82. The molecule has 0 aliphatic rings. The van der Waals surface area contributed by atoms with Crippen LogP contribution in [0.25, 0.3) is 4.96 Å². The number of aromatic nitrogens is 2. The van der Waals surface area contributed by atoms with E-state index in [0.717, 1.165) is 37.0 Å². The Morgan fingerprint density at radius 2 is 2.21 bits per heavy atom. The molecule has 0 aliphatic heterocycles. The van der Waals surface area contributed by atoms with Crippen LogP contribution in [0.4, 0.5) is 5.82 Å². The number of nitrogens with zero attached hydrogens (tertiary/aromatic N) is 3. The van der Waals surface area contributed by atoms with Crippen molar-refractivity contribution in [3.63, 3.8) is 0 Å². The van der Waals surface area contributed by atoms with Gasteiger partial charge in [-0.1, -0.05) is 20.3 Å². The van der Waals surface area contributed by atoms with Crippen LogP contribution in [0.2, 0.25) is 0 Å². The highest BCUT2D eigenvalue weighted by Crippen LogP contribution is 2.25. The molecule has 2 aromatic heterocycles. The van der Waals surface area contributed by atoms with Gasteiger partial charge in [0, 0.05) is 31.2 Å². The van der Waals surface area contributed by atoms with Crippen LogP contribution < -0.4 is 10.2 Å². The Morgan fingerprint density at radius 3 is 2.89 bits per heavy atom. The minimum atomic E-state index is 0.881. The lowest BCUT2D eigenvalue weighted by Crippen LogP contribution is -2.26. The van der Waals surface area contributed by atoms with Gasteiger partial charge in [-0.15, -0.1) is 11.3 Å². The number of imidazole rings is 1. The SMILES string of the molecule is CCCCN(CC)c1nc2sccn2c1CNCC. The zero-order valence-corrected chi connectivity index (χ0v) is 13.0. The molecule has 0 spiro atoms. The fraction of sp³-hybridized carbons (Fsp3) is 0.643. The summed E-state index contributed by atoms with van der Waals surface area (Å²) < 4.78 is 2.22. The Labute approximate surface area is 119 Å². The minimum Gasteiger partial charge on any atom is -0.355 e. The Kier molecular flexibility index (Phi) is 5.22. The first-order valence-corrected chi connectivity index (χ1v) is 8.09. The molecule has 19 heavy (non-hydrogen) atoms. The van der Waals surface area contributed by atoms with E-state index in [1.165, 1.54) is 18.5 Å². The molecule has 1 N–H and O–H groups in total. The molecule has 0 saturated heterocycles. The molecule has 0 unspecified atom stereocenters. The third kappa shape index (κ3) is 3.09. The minimum absolute atomic E-state index is 0.881. The average Bonchev–Trinajstić information content (AvgIpc) is 2.99. The monoisotopic (exact) mass is 280 g/mol. The topological polar surface area (TPSA) is 32.6 Å². The number of fused-ring (bicyclic) bond motifs is 1. The van der Waals surface area contributed by atoms with E-state index < -0.39 is 0 Å². The summed E-state index contributed by atoms with van der Waals surface area (Å²) >= 11 is 1.70. The molecule has 0 bridgehead atoms. The van der Waals surface area contributed by atoms with Crippen molar-refractivity contribution in [2.75, 3.05) is 24.5 Å². The Morgan fingerprint density at radius 1 is 1.37 bits per heavy atom. The summed E-state index contributed by atoms with van der Waals surface area (Å²) in [6.07, 6.45) is 4.57. The van der Waals surface area contributed by atoms with E-state index in [0.29, 0.717) is 0 Å². The van der Waals surface area contributed by atoms with Crippen molar-refractivity contribution < 1.29 is 0 Å². The first-order valence-electron chi connectivity index (χ1n) is 7.21. The van der Waals surface area contributed by atoms with Gasteiger partial charge in [0.05, 0.1) is 5.69 Å². The number of unbranched alkanes of at least 4 members (excludes halogenated alkanes) is 1. The van der Waals surface area contributed by atoms with E-state index in [9.17, 15) is 0 Å². The van der Waals surface area contributed by atoms with Crippen molar-refractivity contribution in [1.29, 1.82) is 0 Å². The third-order valence-corrected chi connectivity index (χ3v) is 4.10. The zero-order valence-electron chi connectivity index (χ0n) is 12.1. The first kappa shape index (κ1) is 14.3. The van der Waals surface area contributed by atoms with Crippen molar-refractivity contribution in [3.8, 4) is 0 Å². The maximum Gasteiger partial charge on any atom is 0.195 e. The molecule has 0 radical (unpaired) electrons. The van der Waals surface area contributed by atoms with Crippen molar-refractivity contribution in [2.45, 2.75) is 40.2 Å².